The Hall–Kier alpha value is -1.37. The van der Waals surface area contributed by atoms with Gasteiger partial charge in [-0.15, -0.1) is 0 Å². The van der Waals surface area contributed by atoms with Gasteiger partial charge in [0.25, 0.3) is 5.91 Å². The van der Waals surface area contributed by atoms with Gasteiger partial charge in [0.2, 0.25) is 10.0 Å². The van der Waals surface area contributed by atoms with Crippen LogP contribution in [-0.4, -0.2) is 40.7 Å². The SMILES string of the molecule is Cc1c(C(=O)N2CC(C)CS2(=O)=O)cnn1CC(C)C. The molecule has 0 aromatic carbocycles. The van der Waals surface area contributed by atoms with E-state index in [1.165, 1.54) is 6.20 Å². The third-order valence-corrected chi connectivity index (χ3v) is 5.38. The van der Waals surface area contributed by atoms with Gasteiger partial charge in [0.1, 0.15) is 0 Å². The molecule has 1 aliphatic rings. The summed E-state index contributed by atoms with van der Waals surface area (Å²) in [4.78, 5) is 12.4. The second-order valence-electron chi connectivity index (χ2n) is 5.94. The van der Waals surface area contributed by atoms with Crippen molar-refractivity contribution in [1.29, 1.82) is 0 Å². The van der Waals surface area contributed by atoms with Crippen molar-refractivity contribution in [3.05, 3.63) is 17.5 Å². The van der Waals surface area contributed by atoms with Crippen LogP contribution < -0.4 is 0 Å². The van der Waals surface area contributed by atoms with Gasteiger partial charge in [-0.1, -0.05) is 20.8 Å². The first-order valence-electron chi connectivity index (χ1n) is 6.79. The molecule has 0 radical (unpaired) electrons. The molecule has 0 bridgehead atoms. The maximum Gasteiger partial charge on any atom is 0.270 e. The van der Waals surface area contributed by atoms with Gasteiger partial charge in [-0.05, 0) is 18.8 Å². The van der Waals surface area contributed by atoms with Crippen molar-refractivity contribution in [2.75, 3.05) is 12.3 Å². The molecule has 112 valence electrons. The van der Waals surface area contributed by atoms with Gasteiger partial charge in [-0.3, -0.25) is 9.48 Å². The molecular weight excluding hydrogens is 278 g/mol. The highest BCUT2D eigenvalue weighted by Gasteiger charge is 2.38. The van der Waals surface area contributed by atoms with E-state index in [4.69, 9.17) is 0 Å². The van der Waals surface area contributed by atoms with Crippen molar-refractivity contribution in [3.63, 3.8) is 0 Å². The van der Waals surface area contributed by atoms with Gasteiger partial charge in [0.15, 0.2) is 0 Å². The van der Waals surface area contributed by atoms with Crippen LogP contribution in [0.1, 0.15) is 36.8 Å². The smallest absolute Gasteiger partial charge is 0.269 e. The summed E-state index contributed by atoms with van der Waals surface area (Å²) < 4.78 is 26.7. The molecule has 1 aromatic heterocycles. The lowest BCUT2D eigenvalue weighted by Crippen LogP contribution is -2.33. The van der Waals surface area contributed by atoms with E-state index < -0.39 is 15.9 Å². The van der Waals surface area contributed by atoms with Crippen LogP contribution in [0.15, 0.2) is 6.20 Å². The standard InChI is InChI=1S/C13H21N3O3S/c1-9(2)6-15-11(4)12(5-14-15)13(17)16-7-10(3)8-20(16,18)19/h5,9-10H,6-8H2,1-4H3. The van der Waals surface area contributed by atoms with Crippen LogP contribution >= 0.6 is 0 Å². The Bertz CT molecular complexity index is 619. The van der Waals surface area contributed by atoms with Crippen molar-refractivity contribution in [1.82, 2.24) is 14.1 Å². The quantitative estimate of drug-likeness (QED) is 0.842. The van der Waals surface area contributed by atoms with Gasteiger partial charge in [0, 0.05) is 18.8 Å². The molecule has 1 amide bonds. The first kappa shape index (κ1) is 15.0. The molecule has 1 fully saturated rings. The van der Waals surface area contributed by atoms with Crippen molar-refractivity contribution in [2.24, 2.45) is 11.8 Å². The van der Waals surface area contributed by atoms with Crippen molar-refractivity contribution in [2.45, 2.75) is 34.2 Å². The van der Waals surface area contributed by atoms with Crippen molar-refractivity contribution >= 4 is 15.9 Å². The van der Waals surface area contributed by atoms with Crippen LogP contribution in [0, 0.1) is 18.8 Å². The average Bonchev–Trinajstić information content (AvgIpc) is 2.78. The van der Waals surface area contributed by atoms with Crippen LogP contribution in [0.25, 0.3) is 0 Å². The van der Waals surface area contributed by atoms with Crippen LogP contribution in [0.2, 0.25) is 0 Å². The Labute approximate surface area is 119 Å². The summed E-state index contributed by atoms with van der Waals surface area (Å²) in [6.45, 7) is 8.73. The van der Waals surface area contributed by atoms with Gasteiger partial charge in [0.05, 0.1) is 17.5 Å². The fourth-order valence-electron chi connectivity index (χ4n) is 2.43. The number of carbonyl (C=O) groups excluding carboxylic acids is 1. The third kappa shape index (κ3) is 2.72. The minimum Gasteiger partial charge on any atom is -0.269 e. The van der Waals surface area contributed by atoms with Crippen molar-refractivity contribution in [3.8, 4) is 0 Å². The number of rotatable bonds is 3. The Morgan fingerprint density at radius 2 is 2.15 bits per heavy atom. The number of aromatic nitrogens is 2. The van der Waals surface area contributed by atoms with Gasteiger partial charge < -0.3 is 0 Å². The van der Waals surface area contributed by atoms with E-state index in [9.17, 15) is 13.2 Å². The summed E-state index contributed by atoms with van der Waals surface area (Å²) in [6.07, 6.45) is 1.47. The zero-order chi connectivity index (χ0) is 15.1. The highest BCUT2D eigenvalue weighted by atomic mass is 32.2. The number of amides is 1. The number of hydrogen-bond donors (Lipinski definition) is 0. The van der Waals surface area contributed by atoms with E-state index in [0.29, 0.717) is 18.0 Å². The molecule has 2 rings (SSSR count). The molecule has 1 atom stereocenters. The molecular formula is C13H21N3O3S. The molecule has 1 aromatic rings. The monoisotopic (exact) mass is 299 g/mol. The highest BCUT2D eigenvalue weighted by molar-refractivity contribution is 7.89. The van der Waals surface area contributed by atoms with E-state index in [1.54, 1.807) is 11.6 Å². The van der Waals surface area contributed by atoms with Gasteiger partial charge in [-0.25, -0.2) is 12.7 Å². The lowest BCUT2D eigenvalue weighted by atomic mass is 10.2. The number of carbonyl (C=O) groups is 1. The summed E-state index contributed by atoms with van der Waals surface area (Å²) in [5.74, 6) is -0.0262. The van der Waals surface area contributed by atoms with E-state index in [0.717, 1.165) is 10.00 Å². The summed E-state index contributed by atoms with van der Waals surface area (Å²) >= 11 is 0. The largest absolute Gasteiger partial charge is 0.270 e. The minimum atomic E-state index is -3.47. The normalized spacial score (nSPS) is 21.6. The second kappa shape index (κ2) is 5.20. The first-order chi connectivity index (χ1) is 9.22. The molecule has 6 nitrogen and oxygen atoms in total. The van der Waals surface area contributed by atoms with Crippen LogP contribution in [-0.2, 0) is 16.6 Å². The Kier molecular flexibility index (Phi) is 3.90. The minimum absolute atomic E-state index is 0.0186. The third-order valence-electron chi connectivity index (χ3n) is 3.41. The molecule has 1 aliphatic heterocycles. The Balaban J connectivity index is 2.29. The second-order valence-corrected chi connectivity index (χ2v) is 7.88. The highest BCUT2D eigenvalue weighted by Crippen LogP contribution is 2.23. The molecule has 0 saturated carbocycles. The Morgan fingerprint density at radius 3 is 2.65 bits per heavy atom. The lowest BCUT2D eigenvalue weighted by molar-refractivity contribution is 0.0862. The van der Waals surface area contributed by atoms with E-state index in [2.05, 4.69) is 18.9 Å². The predicted molar refractivity (Wildman–Crippen MR) is 75.8 cm³/mol. The maximum atomic E-state index is 12.4. The molecule has 2 heterocycles. The topological polar surface area (TPSA) is 72.3 Å². The zero-order valence-electron chi connectivity index (χ0n) is 12.3. The first-order valence-corrected chi connectivity index (χ1v) is 8.40. The van der Waals surface area contributed by atoms with Crippen LogP contribution in [0.3, 0.4) is 0 Å². The molecule has 7 heteroatoms. The molecule has 0 spiro atoms. The summed E-state index contributed by atoms with van der Waals surface area (Å²) in [5.41, 5.74) is 1.10. The lowest BCUT2D eigenvalue weighted by Gasteiger charge is -2.15. The fourth-order valence-corrected chi connectivity index (χ4v) is 4.27. The summed E-state index contributed by atoms with van der Waals surface area (Å²) in [6, 6.07) is 0. The number of nitrogens with zero attached hydrogens (tertiary/aromatic N) is 3. The summed E-state index contributed by atoms with van der Waals surface area (Å²) in [7, 11) is -3.47. The molecule has 1 unspecified atom stereocenters. The molecule has 0 N–H and O–H groups in total. The zero-order valence-corrected chi connectivity index (χ0v) is 13.1. The molecule has 1 saturated heterocycles. The van der Waals surface area contributed by atoms with Crippen LogP contribution in [0.4, 0.5) is 0 Å². The van der Waals surface area contributed by atoms with E-state index in [1.807, 2.05) is 6.92 Å². The summed E-state index contributed by atoms with van der Waals surface area (Å²) in [5, 5.41) is 4.19. The maximum absolute atomic E-state index is 12.4. The molecule has 20 heavy (non-hydrogen) atoms. The predicted octanol–water partition coefficient (Wildman–Crippen LogP) is 1.27. The van der Waals surface area contributed by atoms with Gasteiger partial charge >= 0.3 is 0 Å². The fraction of sp³-hybridized carbons (Fsp3) is 0.692. The van der Waals surface area contributed by atoms with E-state index >= 15 is 0 Å². The van der Waals surface area contributed by atoms with Gasteiger partial charge in [-0.2, -0.15) is 5.10 Å². The number of hydrogen-bond acceptors (Lipinski definition) is 4. The Morgan fingerprint density at radius 1 is 1.50 bits per heavy atom. The van der Waals surface area contributed by atoms with Crippen molar-refractivity contribution < 1.29 is 13.2 Å². The molecule has 0 aliphatic carbocycles. The van der Waals surface area contributed by atoms with E-state index in [-0.39, 0.29) is 18.2 Å². The number of sulfonamides is 1. The average molecular weight is 299 g/mol. The van der Waals surface area contributed by atoms with Crippen LogP contribution in [0.5, 0.6) is 0 Å².